The van der Waals surface area contributed by atoms with E-state index >= 15 is 0 Å². The topological polar surface area (TPSA) is 66.4 Å². The second kappa shape index (κ2) is 7.23. The van der Waals surface area contributed by atoms with Gasteiger partial charge in [-0.15, -0.1) is 0 Å². The molecule has 1 amide bonds. The van der Waals surface area contributed by atoms with Crippen molar-refractivity contribution in [2.45, 2.75) is 92.0 Å². The van der Waals surface area contributed by atoms with Gasteiger partial charge in [0.1, 0.15) is 0 Å². The molecule has 0 saturated heterocycles. The molecular weight excluding hydrogens is 381 g/mol. The maximum Gasteiger partial charge on any atom is 0.225 e. The Morgan fingerprint density at radius 3 is 2.45 bits per heavy atom. The summed E-state index contributed by atoms with van der Waals surface area (Å²) < 4.78 is 11.7. The number of rotatable bonds is 2. The van der Waals surface area contributed by atoms with Gasteiger partial charge in [0, 0.05) is 16.8 Å². The number of amides is 1. The minimum Gasteiger partial charge on any atom is -0.352 e. The van der Waals surface area contributed by atoms with Gasteiger partial charge in [0.05, 0.1) is 0 Å². The summed E-state index contributed by atoms with van der Waals surface area (Å²) in [5.74, 6) is 2.91. The summed E-state index contributed by atoms with van der Waals surface area (Å²) in [7, 11) is -2.52. The largest absolute Gasteiger partial charge is 0.352 e. The van der Waals surface area contributed by atoms with Crippen molar-refractivity contribution in [2.75, 3.05) is 0 Å². The molecule has 4 aliphatic carbocycles. The third-order valence-electron chi connectivity index (χ3n) is 9.58. The van der Waals surface area contributed by atoms with Gasteiger partial charge in [-0.2, -0.15) is 0 Å². The molecule has 4 rings (SSSR count). The average molecular weight is 422 g/mol. The van der Waals surface area contributed by atoms with Gasteiger partial charge in [-0.25, -0.2) is 0 Å². The van der Waals surface area contributed by atoms with Crippen molar-refractivity contribution >= 4 is 13.9 Å². The normalized spacial score (nSPS) is 45.4. The highest BCUT2D eigenvalue weighted by molar-refractivity contribution is 7.43. The molecule has 0 aromatic heterocycles. The number of carbonyl (C=O) groups is 1. The molecule has 0 aromatic rings. The molecule has 0 heterocycles. The molecule has 3 fully saturated rings. The Bertz CT molecular complexity index is 741. The Labute approximate surface area is 177 Å². The Morgan fingerprint density at radius 2 is 1.79 bits per heavy atom. The first-order valence-electron chi connectivity index (χ1n) is 11.7. The molecule has 164 valence electrons. The third-order valence-corrected chi connectivity index (χ3v) is 10.5. The summed E-state index contributed by atoms with van der Waals surface area (Å²) in [6.07, 6.45) is 11.1. The van der Waals surface area contributed by atoms with E-state index in [0.717, 1.165) is 36.4 Å². The summed E-state index contributed by atoms with van der Waals surface area (Å²) in [5, 5.41) is 4.25. The van der Waals surface area contributed by atoms with Crippen molar-refractivity contribution in [1.29, 1.82) is 0 Å². The standard InChI is InChI=1S/C24H40NO3P/c1-22(2,3)21(26)25-20-9-8-18-17-7-6-15-14-16(29(27)28)10-12-23(15,4)19(17)11-13-24(18,20)5/h10,15,17-20,29H,6-9,11-14H2,1-5H3,(H,25,26)(H,27,28)/t15?,17-,18-,19+,20?,23-,24-/m0/s1. The van der Waals surface area contributed by atoms with Crippen molar-refractivity contribution < 1.29 is 14.3 Å². The van der Waals surface area contributed by atoms with Crippen LogP contribution in [0.15, 0.2) is 11.4 Å². The van der Waals surface area contributed by atoms with E-state index in [1.54, 1.807) is 0 Å². The predicted octanol–water partition coefficient (Wildman–Crippen LogP) is 5.52. The van der Waals surface area contributed by atoms with E-state index < -0.39 is 8.03 Å². The molecule has 29 heavy (non-hydrogen) atoms. The Kier molecular flexibility index (Phi) is 5.39. The highest BCUT2D eigenvalue weighted by Crippen LogP contribution is 2.66. The second-order valence-electron chi connectivity index (χ2n) is 12.0. The van der Waals surface area contributed by atoms with Crippen molar-refractivity contribution in [3.8, 4) is 0 Å². The van der Waals surface area contributed by atoms with Crippen LogP contribution in [0.4, 0.5) is 0 Å². The number of hydrogen-bond donors (Lipinski definition) is 2. The average Bonchev–Trinajstić information content (AvgIpc) is 2.96. The number of nitrogens with one attached hydrogen (secondary N) is 1. The Hall–Kier alpha value is -0.600. The summed E-state index contributed by atoms with van der Waals surface area (Å²) in [6.45, 7) is 10.9. The van der Waals surface area contributed by atoms with Crippen LogP contribution in [0, 0.1) is 39.9 Å². The van der Waals surface area contributed by atoms with Crippen LogP contribution in [0.3, 0.4) is 0 Å². The fourth-order valence-corrected chi connectivity index (χ4v) is 8.36. The van der Waals surface area contributed by atoms with Crippen LogP contribution in [0.2, 0.25) is 0 Å². The minimum atomic E-state index is -2.52. The first-order valence-corrected chi connectivity index (χ1v) is 13.1. The van der Waals surface area contributed by atoms with Crippen molar-refractivity contribution in [3.63, 3.8) is 0 Å². The quantitative estimate of drug-likeness (QED) is 0.577. The van der Waals surface area contributed by atoms with Gasteiger partial charge in [-0.1, -0.05) is 40.7 Å². The zero-order valence-corrected chi connectivity index (χ0v) is 19.9. The van der Waals surface area contributed by atoms with Crippen LogP contribution in [-0.4, -0.2) is 16.8 Å². The third kappa shape index (κ3) is 3.47. The lowest BCUT2D eigenvalue weighted by atomic mass is 9.46. The highest BCUT2D eigenvalue weighted by atomic mass is 31.1. The molecule has 5 heteroatoms. The smallest absolute Gasteiger partial charge is 0.225 e. The number of carbonyl (C=O) groups excluding carboxylic acids is 1. The number of fused-ring (bicyclic) bond motifs is 5. The summed E-state index contributed by atoms with van der Waals surface area (Å²) in [5.41, 5.74) is 0.160. The zero-order valence-electron chi connectivity index (χ0n) is 18.9. The molecule has 0 radical (unpaired) electrons. The van der Waals surface area contributed by atoms with Crippen LogP contribution < -0.4 is 5.32 Å². The van der Waals surface area contributed by atoms with E-state index in [9.17, 15) is 14.3 Å². The van der Waals surface area contributed by atoms with Crippen LogP contribution in [0.25, 0.3) is 0 Å². The van der Waals surface area contributed by atoms with Gasteiger partial charge in [0.15, 0.2) is 0 Å². The first-order chi connectivity index (χ1) is 13.5. The van der Waals surface area contributed by atoms with Crippen LogP contribution in [-0.2, 0) is 9.36 Å². The van der Waals surface area contributed by atoms with E-state index in [1.807, 2.05) is 20.8 Å². The maximum absolute atomic E-state index is 12.7. The van der Waals surface area contributed by atoms with Gasteiger partial charge in [-0.05, 0) is 85.9 Å². The van der Waals surface area contributed by atoms with Gasteiger partial charge < -0.3 is 10.2 Å². The van der Waals surface area contributed by atoms with Gasteiger partial charge >= 0.3 is 0 Å². The molecular formula is C24H40NO3P. The monoisotopic (exact) mass is 421 g/mol. The lowest BCUT2D eigenvalue weighted by Gasteiger charge is -2.60. The molecule has 2 N–H and O–H groups in total. The van der Waals surface area contributed by atoms with Crippen LogP contribution in [0.1, 0.15) is 86.0 Å². The lowest BCUT2D eigenvalue weighted by molar-refractivity contribution is -0.131. The van der Waals surface area contributed by atoms with Gasteiger partial charge in [0.25, 0.3) is 0 Å². The summed E-state index contributed by atoms with van der Waals surface area (Å²) in [4.78, 5) is 22.3. The van der Waals surface area contributed by atoms with Crippen molar-refractivity contribution in [2.24, 2.45) is 39.9 Å². The molecule has 0 bridgehead atoms. The zero-order chi connectivity index (χ0) is 21.2. The molecule has 0 aromatic carbocycles. The van der Waals surface area contributed by atoms with Crippen molar-refractivity contribution in [1.82, 2.24) is 5.32 Å². The van der Waals surface area contributed by atoms with Crippen LogP contribution >= 0.6 is 8.03 Å². The van der Waals surface area contributed by atoms with E-state index in [1.165, 1.54) is 32.1 Å². The van der Waals surface area contributed by atoms with Gasteiger partial charge in [0.2, 0.25) is 13.9 Å². The van der Waals surface area contributed by atoms with E-state index in [0.29, 0.717) is 17.9 Å². The van der Waals surface area contributed by atoms with E-state index in [-0.39, 0.29) is 22.2 Å². The second-order valence-corrected chi connectivity index (χ2v) is 13.3. The molecule has 0 spiro atoms. The molecule has 4 aliphatic rings. The van der Waals surface area contributed by atoms with Gasteiger partial charge in [-0.3, -0.25) is 9.36 Å². The lowest BCUT2D eigenvalue weighted by Crippen LogP contribution is -2.56. The predicted molar refractivity (Wildman–Crippen MR) is 118 cm³/mol. The van der Waals surface area contributed by atoms with Crippen LogP contribution in [0.5, 0.6) is 0 Å². The molecule has 4 nitrogen and oxygen atoms in total. The first kappa shape index (κ1) is 21.6. The molecule has 0 aliphatic heterocycles. The van der Waals surface area contributed by atoms with E-state index in [2.05, 4.69) is 25.2 Å². The fraction of sp³-hybridized carbons (Fsp3) is 0.875. The fourth-order valence-electron chi connectivity index (χ4n) is 7.67. The molecule has 8 atom stereocenters. The van der Waals surface area contributed by atoms with Crippen molar-refractivity contribution in [3.05, 3.63) is 11.4 Å². The SMILES string of the molecule is CC(C)(C)C(=O)NC1CC[C@H]2[C@@H]3CCC4CC([PH](=O)O)=CC[C@]4(C)[C@@H]3CC[C@]12C. The highest BCUT2D eigenvalue weighted by Gasteiger charge is 2.60. The Balaban J connectivity index is 1.54. The molecule has 3 saturated carbocycles. The number of hydrogen-bond acceptors (Lipinski definition) is 2. The van der Waals surface area contributed by atoms with E-state index in [4.69, 9.17) is 0 Å². The maximum atomic E-state index is 12.7. The summed E-state index contributed by atoms with van der Waals surface area (Å²) >= 11 is 0. The Morgan fingerprint density at radius 1 is 1.10 bits per heavy atom. The number of allylic oxidation sites excluding steroid dienone is 2. The summed E-state index contributed by atoms with van der Waals surface area (Å²) in [6, 6.07) is 0.309. The minimum absolute atomic E-state index is 0.186. The molecule has 3 unspecified atom stereocenters.